The highest BCUT2D eigenvalue weighted by atomic mass is 16.6. The third-order valence-corrected chi connectivity index (χ3v) is 3.97. The monoisotopic (exact) mass is 412 g/mol. The Morgan fingerprint density at radius 2 is 1.60 bits per heavy atom. The molecule has 2 N–H and O–H groups in total. The Hall–Kier alpha value is -3.35. The van der Waals surface area contributed by atoms with Gasteiger partial charge in [-0.25, -0.2) is 9.59 Å². The van der Waals surface area contributed by atoms with Crippen molar-refractivity contribution >= 4 is 23.7 Å². The van der Waals surface area contributed by atoms with E-state index in [1.54, 1.807) is 52.0 Å². The lowest BCUT2D eigenvalue weighted by Crippen LogP contribution is -2.47. The lowest BCUT2D eigenvalue weighted by atomic mass is 10.0. The number of benzene rings is 2. The van der Waals surface area contributed by atoms with E-state index in [4.69, 9.17) is 9.47 Å². The van der Waals surface area contributed by atoms with Crippen molar-refractivity contribution in [1.29, 1.82) is 0 Å². The highest BCUT2D eigenvalue weighted by Gasteiger charge is 2.26. The van der Waals surface area contributed by atoms with Gasteiger partial charge in [0, 0.05) is 6.42 Å². The molecule has 0 fully saturated rings. The van der Waals surface area contributed by atoms with E-state index in [0.29, 0.717) is 5.69 Å². The molecule has 0 aliphatic rings. The normalized spacial score (nSPS) is 11.9. The molecule has 0 heterocycles. The number of alkyl carbamates (subject to hydrolysis) is 1. The quantitative estimate of drug-likeness (QED) is 0.672. The maximum atomic E-state index is 13.0. The van der Waals surface area contributed by atoms with Crippen LogP contribution in [0, 0.1) is 0 Å². The van der Waals surface area contributed by atoms with Gasteiger partial charge in [0.25, 0.3) is 0 Å². The van der Waals surface area contributed by atoms with Gasteiger partial charge in [0.05, 0.1) is 17.9 Å². The van der Waals surface area contributed by atoms with Crippen LogP contribution in [0.5, 0.6) is 0 Å². The molecular formula is C23H28N2O5. The summed E-state index contributed by atoms with van der Waals surface area (Å²) in [5, 5.41) is 5.35. The molecule has 30 heavy (non-hydrogen) atoms. The van der Waals surface area contributed by atoms with Gasteiger partial charge in [-0.3, -0.25) is 4.79 Å². The average Bonchev–Trinajstić information content (AvgIpc) is 2.67. The minimum atomic E-state index is -0.905. The summed E-state index contributed by atoms with van der Waals surface area (Å²) < 4.78 is 10.3. The smallest absolute Gasteiger partial charge is 0.408 e. The van der Waals surface area contributed by atoms with Crippen LogP contribution in [-0.2, 0) is 20.7 Å². The molecule has 0 aliphatic carbocycles. The standard InChI is InChI=1S/C23H28N2O5/c1-5-29-21(27)17-13-9-10-14-18(17)24-20(26)19(15-16-11-7-6-8-12-16)25-22(28)30-23(2,3)4/h6-14,19H,5,15H2,1-4H3,(H,24,26)(H,25,28)/t19-/m0/s1. The molecule has 0 unspecified atom stereocenters. The Morgan fingerprint density at radius 1 is 0.967 bits per heavy atom. The number of amides is 2. The fraction of sp³-hybridized carbons (Fsp3) is 0.348. The summed E-state index contributed by atoms with van der Waals surface area (Å²) >= 11 is 0. The summed E-state index contributed by atoms with van der Waals surface area (Å²) in [4.78, 5) is 37.5. The molecule has 2 amide bonds. The number of carbonyl (C=O) groups is 3. The Morgan fingerprint density at radius 3 is 2.23 bits per heavy atom. The van der Waals surface area contributed by atoms with Crippen molar-refractivity contribution in [3.63, 3.8) is 0 Å². The summed E-state index contributed by atoms with van der Waals surface area (Å²) in [6.45, 7) is 7.16. The van der Waals surface area contributed by atoms with Gasteiger partial charge >= 0.3 is 12.1 Å². The van der Waals surface area contributed by atoms with Gasteiger partial charge in [0.2, 0.25) is 5.91 Å². The van der Waals surface area contributed by atoms with Crippen molar-refractivity contribution in [3.05, 3.63) is 65.7 Å². The summed E-state index contributed by atoms with van der Waals surface area (Å²) in [5.41, 5.74) is 0.717. The van der Waals surface area contributed by atoms with Crippen LogP contribution in [0.1, 0.15) is 43.6 Å². The molecule has 7 heteroatoms. The predicted octanol–water partition coefficient (Wildman–Crippen LogP) is 3.94. The lowest BCUT2D eigenvalue weighted by Gasteiger charge is -2.23. The first-order chi connectivity index (χ1) is 14.2. The lowest BCUT2D eigenvalue weighted by molar-refractivity contribution is -0.118. The third-order valence-electron chi connectivity index (χ3n) is 3.97. The van der Waals surface area contributed by atoms with Crippen molar-refractivity contribution in [3.8, 4) is 0 Å². The Kier molecular flexibility index (Phi) is 7.98. The van der Waals surface area contributed by atoms with Gasteiger partial charge in [0.15, 0.2) is 0 Å². The second-order valence-corrected chi connectivity index (χ2v) is 7.64. The minimum absolute atomic E-state index is 0.220. The van der Waals surface area contributed by atoms with Crippen LogP contribution in [0.3, 0.4) is 0 Å². The van der Waals surface area contributed by atoms with Gasteiger partial charge in [-0.05, 0) is 45.4 Å². The van der Waals surface area contributed by atoms with E-state index in [1.165, 1.54) is 0 Å². The number of hydrogen-bond donors (Lipinski definition) is 2. The first kappa shape index (κ1) is 22.9. The van der Waals surface area contributed by atoms with E-state index in [-0.39, 0.29) is 18.6 Å². The van der Waals surface area contributed by atoms with Crippen LogP contribution in [0.25, 0.3) is 0 Å². The van der Waals surface area contributed by atoms with Crippen molar-refractivity contribution < 1.29 is 23.9 Å². The number of anilines is 1. The maximum absolute atomic E-state index is 13.0. The molecule has 2 aromatic rings. The van der Waals surface area contributed by atoms with Gasteiger partial charge < -0.3 is 20.1 Å². The SMILES string of the molecule is CCOC(=O)c1ccccc1NC(=O)[C@H](Cc1ccccc1)NC(=O)OC(C)(C)C. The summed E-state index contributed by atoms with van der Waals surface area (Å²) in [5.74, 6) is -1.01. The predicted molar refractivity (Wildman–Crippen MR) is 114 cm³/mol. The first-order valence-corrected chi connectivity index (χ1v) is 9.80. The molecular weight excluding hydrogens is 384 g/mol. The average molecular weight is 412 g/mol. The van der Waals surface area contributed by atoms with Gasteiger partial charge in [-0.2, -0.15) is 0 Å². The molecule has 160 valence electrons. The van der Waals surface area contributed by atoms with E-state index in [2.05, 4.69) is 10.6 Å². The number of carbonyl (C=O) groups excluding carboxylic acids is 3. The van der Waals surface area contributed by atoms with E-state index >= 15 is 0 Å². The van der Waals surface area contributed by atoms with Gasteiger partial charge in [-0.15, -0.1) is 0 Å². The van der Waals surface area contributed by atoms with E-state index in [0.717, 1.165) is 5.56 Å². The largest absolute Gasteiger partial charge is 0.462 e. The van der Waals surface area contributed by atoms with E-state index < -0.39 is 29.6 Å². The number of hydrogen-bond acceptors (Lipinski definition) is 5. The second-order valence-electron chi connectivity index (χ2n) is 7.64. The molecule has 2 rings (SSSR count). The van der Waals surface area contributed by atoms with Crippen LogP contribution in [-0.4, -0.2) is 36.2 Å². The molecule has 1 atom stereocenters. The van der Waals surface area contributed by atoms with Crippen LogP contribution < -0.4 is 10.6 Å². The van der Waals surface area contributed by atoms with E-state index in [1.807, 2.05) is 30.3 Å². The van der Waals surface area contributed by atoms with Gasteiger partial charge in [-0.1, -0.05) is 42.5 Å². The summed E-state index contributed by atoms with van der Waals surface area (Å²) in [7, 11) is 0. The van der Waals surface area contributed by atoms with Crippen molar-refractivity contribution in [2.24, 2.45) is 0 Å². The summed E-state index contributed by atoms with van der Waals surface area (Å²) in [6.07, 6.45) is -0.440. The minimum Gasteiger partial charge on any atom is -0.462 e. The fourth-order valence-electron chi connectivity index (χ4n) is 2.71. The number of esters is 1. The molecule has 0 saturated carbocycles. The molecule has 7 nitrogen and oxygen atoms in total. The highest BCUT2D eigenvalue weighted by molar-refractivity contribution is 6.03. The fourth-order valence-corrected chi connectivity index (χ4v) is 2.71. The van der Waals surface area contributed by atoms with Crippen molar-refractivity contribution in [1.82, 2.24) is 5.32 Å². The van der Waals surface area contributed by atoms with Crippen LogP contribution in [0.4, 0.5) is 10.5 Å². The molecule has 0 aliphatic heterocycles. The molecule has 0 spiro atoms. The molecule has 0 saturated heterocycles. The zero-order chi connectivity index (χ0) is 22.1. The third kappa shape index (κ3) is 7.24. The van der Waals surface area contributed by atoms with Gasteiger partial charge in [0.1, 0.15) is 11.6 Å². The van der Waals surface area contributed by atoms with Crippen LogP contribution in [0.15, 0.2) is 54.6 Å². The zero-order valence-electron chi connectivity index (χ0n) is 17.7. The highest BCUT2D eigenvalue weighted by Crippen LogP contribution is 2.17. The van der Waals surface area contributed by atoms with Crippen molar-refractivity contribution in [2.45, 2.75) is 45.8 Å². The maximum Gasteiger partial charge on any atom is 0.408 e. The molecule has 2 aromatic carbocycles. The number of ether oxygens (including phenoxy) is 2. The van der Waals surface area contributed by atoms with Crippen LogP contribution in [0.2, 0.25) is 0 Å². The van der Waals surface area contributed by atoms with Crippen LogP contribution >= 0.6 is 0 Å². The molecule has 0 radical (unpaired) electrons. The number of rotatable bonds is 7. The Bertz CT molecular complexity index is 875. The first-order valence-electron chi connectivity index (χ1n) is 9.80. The Balaban J connectivity index is 2.22. The Labute approximate surface area is 176 Å². The number of para-hydroxylation sites is 1. The molecule has 0 aromatic heterocycles. The van der Waals surface area contributed by atoms with E-state index in [9.17, 15) is 14.4 Å². The topological polar surface area (TPSA) is 93.7 Å². The summed E-state index contributed by atoms with van der Waals surface area (Å²) in [6, 6.07) is 15.0. The zero-order valence-corrected chi connectivity index (χ0v) is 17.7. The van der Waals surface area contributed by atoms with Crippen molar-refractivity contribution in [2.75, 3.05) is 11.9 Å². The second kappa shape index (κ2) is 10.4. The number of nitrogens with one attached hydrogen (secondary N) is 2. The molecule has 0 bridgehead atoms.